The van der Waals surface area contributed by atoms with Gasteiger partial charge >= 0.3 is 6.09 Å². The van der Waals surface area contributed by atoms with Crippen LogP contribution >= 0.6 is 0 Å². The number of nitrogens with two attached hydrogens (primary N) is 1. The molecule has 0 aromatic rings. The highest BCUT2D eigenvalue weighted by atomic mass is 16.6. The van der Waals surface area contributed by atoms with Crippen LogP contribution in [0.15, 0.2) is 0 Å². The molecule has 0 radical (unpaired) electrons. The van der Waals surface area contributed by atoms with Crippen LogP contribution in [0.25, 0.3) is 0 Å². The predicted molar refractivity (Wildman–Crippen MR) is 77.4 cm³/mol. The minimum Gasteiger partial charge on any atom is -0.450 e. The van der Waals surface area contributed by atoms with Crippen LogP contribution in [0, 0.1) is 5.41 Å². The summed E-state index contributed by atoms with van der Waals surface area (Å²) in [5.41, 5.74) is 6.35. The Morgan fingerprint density at radius 3 is 2.65 bits per heavy atom. The maximum absolute atomic E-state index is 11.8. The number of hydrogen-bond acceptors (Lipinski definition) is 4. The molecule has 1 spiro atoms. The van der Waals surface area contributed by atoms with Crippen molar-refractivity contribution in [1.82, 2.24) is 9.80 Å². The third-order valence-corrected chi connectivity index (χ3v) is 5.39. The molecule has 1 aliphatic carbocycles. The quantitative estimate of drug-likeness (QED) is 0.831. The van der Waals surface area contributed by atoms with E-state index in [1.807, 2.05) is 11.8 Å². The maximum Gasteiger partial charge on any atom is 0.409 e. The Balaban J connectivity index is 1.47. The van der Waals surface area contributed by atoms with Gasteiger partial charge < -0.3 is 20.3 Å². The van der Waals surface area contributed by atoms with Crippen LogP contribution < -0.4 is 5.73 Å². The molecule has 0 atom stereocenters. The molecule has 1 amide bonds. The molecule has 0 aromatic carbocycles. The highest BCUT2D eigenvalue weighted by Crippen LogP contribution is 2.50. The van der Waals surface area contributed by atoms with E-state index >= 15 is 0 Å². The number of ether oxygens (including phenoxy) is 1. The number of likely N-dealkylation sites (tertiary alicyclic amines) is 2. The summed E-state index contributed by atoms with van der Waals surface area (Å²) in [7, 11) is 0. The summed E-state index contributed by atoms with van der Waals surface area (Å²) in [5, 5.41) is 0. The zero-order valence-electron chi connectivity index (χ0n) is 12.5. The van der Waals surface area contributed by atoms with Gasteiger partial charge in [-0.2, -0.15) is 0 Å². The topological polar surface area (TPSA) is 58.8 Å². The molecule has 5 nitrogen and oxygen atoms in total. The van der Waals surface area contributed by atoms with E-state index in [0.717, 1.165) is 51.5 Å². The van der Waals surface area contributed by atoms with Crippen molar-refractivity contribution < 1.29 is 9.53 Å². The van der Waals surface area contributed by atoms with E-state index in [2.05, 4.69) is 4.90 Å². The fourth-order valence-electron chi connectivity index (χ4n) is 4.12. The van der Waals surface area contributed by atoms with E-state index in [1.165, 1.54) is 12.8 Å². The highest BCUT2D eigenvalue weighted by molar-refractivity contribution is 5.68. The van der Waals surface area contributed by atoms with Crippen molar-refractivity contribution in [2.45, 2.75) is 51.1 Å². The first-order chi connectivity index (χ1) is 9.62. The van der Waals surface area contributed by atoms with Gasteiger partial charge in [0, 0.05) is 25.2 Å². The molecule has 2 N–H and O–H groups in total. The predicted octanol–water partition coefficient (Wildman–Crippen LogP) is 1.42. The van der Waals surface area contributed by atoms with E-state index < -0.39 is 0 Å². The molecule has 114 valence electrons. The molecule has 1 saturated carbocycles. The molecule has 2 saturated heterocycles. The SMILES string of the molecule is CCOC(=O)N1CCC2(CC(N3CCC(N)CC3)C2)C1. The molecule has 2 aliphatic heterocycles. The molecular weight excluding hydrogens is 254 g/mol. The Kier molecular flexibility index (Phi) is 3.91. The lowest BCUT2D eigenvalue weighted by Gasteiger charge is -2.51. The fraction of sp³-hybridized carbons (Fsp3) is 0.933. The molecule has 5 heteroatoms. The van der Waals surface area contributed by atoms with Crippen molar-refractivity contribution in [3.8, 4) is 0 Å². The molecule has 3 fully saturated rings. The third kappa shape index (κ3) is 2.66. The minimum atomic E-state index is -0.128. The van der Waals surface area contributed by atoms with Crippen molar-refractivity contribution in [3.63, 3.8) is 0 Å². The average Bonchev–Trinajstić information content (AvgIpc) is 2.84. The summed E-state index contributed by atoms with van der Waals surface area (Å²) >= 11 is 0. The molecule has 20 heavy (non-hydrogen) atoms. The van der Waals surface area contributed by atoms with Crippen molar-refractivity contribution >= 4 is 6.09 Å². The summed E-state index contributed by atoms with van der Waals surface area (Å²) in [6.45, 7) is 6.42. The zero-order valence-corrected chi connectivity index (χ0v) is 12.5. The Bertz CT molecular complexity index is 360. The van der Waals surface area contributed by atoms with Crippen LogP contribution in [0.1, 0.15) is 39.0 Å². The molecule has 0 aromatic heterocycles. The Labute approximate surface area is 121 Å². The largest absolute Gasteiger partial charge is 0.450 e. The van der Waals surface area contributed by atoms with Crippen LogP contribution in [-0.2, 0) is 4.74 Å². The molecule has 0 unspecified atom stereocenters. The number of carbonyl (C=O) groups is 1. The van der Waals surface area contributed by atoms with E-state index in [9.17, 15) is 4.79 Å². The van der Waals surface area contributed by atoms with Crippen molar-refractivity contribution in [2.24, 2.45) is 11.1 Å². The van der Waals surface area contributed by atoms with Gasteiger partial charge in [0.25, 0.3) is 0 Å². The van der Waals surface area contributed by atoms with Crippen LogP contribution in [0.2, 0.25) is 0 Å². The number of rotatable bonds is 2. The monoisotopic (exact) mass is 281 g/mol. The standard InChI is InChI=1S/C15H27N3O2/c1-2-20-14(19)18-8-5-15(11-18)9-13(10-15)17-6-3-12(16)4-7-17/h12-13H,2-11,16H2,1H3. The summed E-state index contributed by atoms with van der Waals surface area (Å²) in [6, 6.07) is 1.13. The molecule has 0 bridgehead atoms. The van der Waals surface area contributed by atoms with Gasteiger partial charge in [-0.05, 0) is 57.5 Å². The highest BCUT2D eigenvalue weighted by Gasteiger charge is 2.51. The Morgan fingerprint density at radius 1 is 1.30 bits per heavy atom. The minimum absolute atomic E-state index is 0.128. The molecule has 3 rings (SSSR count). The smallest absolute Gasteiger partial charge is 0.409 e. The van der Waals surface area contributed by atoms with Gasteiger partial charge in [-0.1, -0.05) is 0 Å². The number of carbonyl (C=O) groups excluding carboxylic acids is 1. The second-order valence-corrected chi connectivity index (χ2v) is 6.81. The van der Waals surface area contributed by atoms with E-state index in [0.29, 0.717) is 18.1 Å². The number of piperidine rings is 1. The van der Waals surface area contributed by atoms with Gasteiger partial charge in [0.2, 0.25) is 0 Å². The molecular formula is C15H27N3O2. The van der Waals surface area contributed by atoms with Crippen LogP contribution in [0.4, 0.5) is 4.79 Å². The fourth-order valence-corrected chi connectivity index (χ4v) is 4.12. The van der Waals surface area contributed by atoms with Gasteiger partial charge in [-0.25, -0.2) is 4.79 Å². The number of hydrogen-bond donors (Lipinski definition) is 1. The van der Waals surface area contributed by atoms with Crippen molar-refractivity contribution in [3.05, 3.63) is 0 Å². The second-order valence-electron chi connectivity index (χ2n) is 6.81. The third-order valence-electron chi connectivity index (χ3n) is 5.39. The molecule has 3 aliphatic rings. The van der Waals surface area contributed by atoms with E-state index in [1.54, 1.807) is 0 Å². The lowest BCUT2D eigenvalue weighted by Crippen LogP contribution is -2.55. The summed E-state index contributed by atoms with van der Waals surface area (Å²) in [4.78, 5) is 16.3. The first kappa shape index (κ1) is 14.1. The Hall–Kier alpha value is -0.810. The van der Waals surface area contributed by atoms with Gasteiger partial charge in [0.05, 0.1) is 6.61 Å². The normalized spacial score (nSPS) is 35.3. The summed E-state index contributed by atoms with van der Waals surface area (Å²) in [5.74, 6) is 0. The second kappa shape index (κ2) is 5.53. The first-order valence-corrected chi connectivity index (χ1v) is 8.03. The van der Waals surface area contributed by atoms with Crippen molar-refractivity contribution in [1.29, 1.82) is 0 Å². The Morgan fingerprint density at radius 2 is 2.00 bits per heavy atom. The van der Waals surface area contributed by atoms with Gasteiger partial charge in [-0.3, -0.25) is 0 Å². The lowest BCUT2D eigenvalue weighted by atomic mass is 9.64. The van der Waals surface area contributed by atoms with Gasteiger partial charge in [0.1, 0.15) is 0 Å². The van der Waals surface area contributed by atoms with Crippen LogP contribution in [0.5, 0.6) is 0 Å². The maximum atomic E-state index is 11.8. The van der Waals surface area contributed by atoms with Crippen molar-refractivity contribution in [2.75, 3.05) is 32.8 Å². The van der Waals surface area contributed by atoms with Gasteiger partial charge in [-0.15, -0.1) is 0 Å². The van der Waals surface area contributed by atoms with Crippen LogP contribution in [0.3, 0.4) is 0 Å². The van der Waals surface area contributed by atoms with Gasteiger partial charge in [0.15, 0.2) is 0 Å². The zero-order chi connectivity index (χ0) is 14.2. The molecule has 2 heterocycles. The summed E-state index contributed by atoms with van der Waals surface area (Å²) in [6.07, 6.45) is 5.79. The van der Waals surface area contributed by atoms with Crippen LogP contribution in [-0.4, -0.2) is 60.8 Å². The average molecular weight is 281 g/mol. The first-order valence-electron chi connectivity index (χ1n) is 8.03. The van der Waals surface area contributed by atoms with E-state index in [-0.39, 0.29) is 6.09 Å². The number of amides is 1. The lowest BCUT2D eigenvalue weighted by molar-refractivity contribution is -0.00432. The number of nitrogens with zero attached hydrogens (tertiary/aromatic N) is 2. The van der Waals surface area contributed by atoms with E-state index in [4.69, 9.17) is 10.5 Å². The summed E-state index contributed by atoms with van der Waals surface area (Å²) < 4.78 is 5.11.